The summed E-state index contributed by atoms with van der Waals surface area (Å²) in [6.45, 7) is 7.27. The fourth-order valence-electron chi connectivity index (χ4n) is 3.48. The minimum atomic E-state index is 0.477. The van der Waals surface area contributed by atoms with Crippen molar-refractivity contribution in [1.29, 1.82) is 0 Å². The molecule has 2 aromatic heterocycles. The molecule has 2 aliphatic rings. The third-order valence-electron chi connectivity index (χ3n) is 4.96. The lowest BCUT2D eigenvalue weighted by Crippen LogP contribution is -2.37. The van der Waals surface area contributed by atoms with Crippen molar-refractivity contribution in [3.8, 4) is 0 Å². The number of pyridine rings is 1. The first-order chi connectivity index (χ1) is 12.8. The van der Waals surface area contributed by atoms with Crippen LogP contribution in [0.3, 0.4) is 0 Å². The Hall–Kier alpha value is -2.25. The van der Waals surface area contributed by atoms with Crippen LogP contribution in [0.5, 0.6) is 0 Å². The molecule has 0 amide bonds. The minimum Gasteiger partial charge on any atom is -0.378 e. The van der Waals surface area contributed by atoms with E-state index in [-0.39, 0.29) is 0 Å². The zero-order chi connectivity index (χ0) is 17.8. The molecule has 0 saturated carbocycles. The summed E-state index contributed by atoms with van der Waals surface area (Å²) in [7, 11) is 0. The molecule has 4 heterocycles. The third kappa shape index (κ3) is 4.11. The maximum Gasteiger partial charge on any atom is 0.227 e. The molecule has 2 aromatic rings. The summed E-state index contributed by atoms with van der Waals surface area (Å²) in [6, 6.07) is 6.11. The lowest BCUT2D eigenvalue weighted by molar-refractivity contribution is 0.122. The van der Waals surface area contributed by atoms with Crippen LogP contribution in [-0.4, -0.2) is 54.3 Å². The number of anilines is 3. The van der Waals surface area contributed by atoms with Gasteiger partial charge < -0.3 is 20.3 Å². The maximum atomic E-state index is 5.48. The molecular weight excluding hydrogens is 328 g/mol. The molecule has 7 nitrogen and oxygen atoms in total. The summed E-state index contributed by atoms with van der Waals surface area (Å²) in [5.41, 5.74) is 2.29. The Morgan fingerprint density at radius 1 is 1.12 bits per heavy atom. The van der Waals surface area contributed by atoms with Gasteiger partial charge in [0.1, 0.15) is 11.6 Å². The molecule has 138 valence electrons. The van der Waals surface area contributed by atoms with E-state index < -0.39 is 0 Å². The predicted octanol–water partition coefficient (Wildman–Crippen LogP) is 2.23. The molecule has 0 unspecified atom stereocenters. The number of nitrogens with one attached hydrogen (secondary N) is 2. The highest BCUT2D eigenvalue weighted by atomic mass is 16.5. The van der Waals surface area contributed by atoms with Gasteiger partial charge in [0.05, 0.1) is 18.9 Å². The molecular formula is C19H26N6O. The number of nitrogens with zero attached hydrogens (tertiary/aromatic N) is 4. The number of aryl methyl sites for hydroxylation is 1. The van der Waals surface area contributed by atoms with E-state index in [1.54, 1.807) is 0 Å². The van der Waals surface area contributed by atoms with E-state index in [1.165, 1.54) is 5.56 Å². The normalized spacial score (nSPS) is 18.7. The summed E-state index contributed by atoms with van der Waals surface area (Å²) in [4.78, 5) is 16.3. The predicted molar refractivity (Wildman–Crippen MR) is 102 cm³/mol. The summed E-state index contributed by atoms with van der Waals surface area (Å²) >= 11 is 0. The number of piperidine rings is 1. The molecule has 0 aromatic carbocycles. The lowest BCUT2D eigenvalue weighted by atomic mass is 9.94. The van der Waals surface area contributed by atoms with E-state index in [9.17, 15) is 0 Å². The Labute approximate surface area is 154 Å². The van der Waals surface area contributed by atoms with Gasteiger partial charge in [-0.05, 0) is 50.6 Å². The van der Waals surface area contributed by atoms with Gasteiger partial charge in [0.15, 0.2) is 0 Å². The summed E-state index contributed by atoms with van der Waals surface area (Å²) in [5, 5.41) is 6.80. The number of ether oxygens (including phenoxy) is 1. The quantitative estimate of drug-likeness (QED) is 0.872. The van der Waals surface area contributed by atoms with Crippen LogP contribution in [0.1, 0.15) is 30.0 Å². The van der Waals surface area contributed by atoms with Gasteiger partial charge in [-0.15, -0.1) is 0 Å². The van der Waals surface area contributed by atoms with Crippen molar-refractivity contribution in [3.63, 3.8) is 0 Å². The zero-order valence-corrected chi connectivity index (χ0v) is 15.2. The molecule has 26 heavy (non-hydrogen) atoms. The molecule has 0 atom stereocenters. The standard InChI is InChI=1S/C19H26N6O/c1-14-2-7-21-17(12-14)23-18-13-16(15-3-5-20-6-4-15)22-19(24-18)25-8-10-26-11-9-25/h2,7,12-13,15,20H,3-6,8-11H2,1H3,(H,21,22,23,24). The van der Waals surface area contributed by atoms with Crippen LogP contribution >= 0.6 is 0 Å². The molecule has 7 heteroatoms. The number of morpholine rings is 1. The minimum absolute atomic E-state index is 0.477. The van der Waals surface area contributed by atoms with E-state index in [0.717, 1.165) is 75.5 Å². The molecule has 2 saturated heterocycles. The van der Waals surface area contributed by atoms with Gasteiger partial charge in [-0.25, -0.2) is 9.97 Å². The van der Waals surface area contributed by atoms with E-state index in [1.807, 2.05) is 18.3 Å². The van der Waals surface area contributed by atoms with Crippen molar-refractivity contribution < 1.29 is 4.74 Å². The van der Waals surface area contributed by atoms with Crippen LogP contribution in [0.4, 0.5) is 17.6 Å². The first kappa shape index (κ1) is 17.2. The van der Waals surface area contributed by atoms with Crippen molar-refractivity contribution in [2.24, 2.45) is 0 Å². The van der Waals surface area contributed by atoms with Crippen LogP contribution in [-0.2, 0) is 4.74 Å². The Morgan fingerprint density at radius 2 is 1.92 bits per heavy atom. The van der Waals surface area contributed by atoms with Gasteiger partial charge >= 0.3 is 0 Å². The van der Waals surface area contributed by atoms with E-state index in [4.69, 9.17) is 14.7 Å². The molecule has 0 radical (unpaired) electrons. The van der Waals surface area contributed by atoms with Gasteiger partial charge in [-0.1, -0.05) is 0 Å². The van der Waals surface area contributed by atoms with Crippen LogP contribution in [0, 0.1) is 6.92 Å². The maximum absolute atomic E-state index is 5.48. The van der Waals surface area contributed by atoms with Crippen LogP contribution in [0.25, 0.3) is 0 Å². The van der Waals surface area contributed by atoms with Gasteiger partial charge in [0.25, 0.3) is 0 Å². The lowest BCUT2D eigenvalue weighted by Gasteiger charge is -2.29. The van der Waals surface area contributed by atoms with Gasteiger partial charge in [-0.2, -0.15) is 4.98 Å². The SMILES string of the molecule is Cc1ccnc(Nc2cc(C3CCNCC3)nc(N3CCOCC3)n2)c1. The van der Waals surface area contributed by atoms with Crippen molar-refractivity contribution in [2.45, 2.75) is 25.7 Å². The van der Waals surface area contributed by atoms with Crippen LogP contribution in [0.2, 0.25) is 0 Å². The number of aromatic nitrogens is 3. The van der Waals surface area contributed by atoms with Gasteiger partial charge in [0, 0.05) is 31.3 Å². The Balaban J connectivity index is 1.64. The third-order valence-corrected chi connectivity index (χ3v) is 4.96. The summed E-state index contributed by atoms with van der Waals surface area (Å²) in [5.74, 6) is 2.89. The summed E-state index contributed by atoms with van der Waals surface area (Å²) < 4.78 is 5.48. The molecule has 0 aliphatic carbocycles. The smallest absolute Gasteiger partial charge is 0.227 e. The monoisotopic (exact) mass is 354 g/mol. The molecule has 2 fully saturated rings. The summed E-state index contributed by atoms with van der Waals surface area (Å²) in [6.07, 6.45) is 4.04. The average Bonchev–Trinajstić information content (AvgIpc) is 2.69. The molecule has 0 spiro atoms. The van der Waals surface area contributed by atoms with Crippen molar-refractivity contribution in [2.75, 3.05) is 49.6 Å². The fourth-order valence-corrected chi connectivity index (χ4v) is 3.48. The Kier molecular flexibility index (Phi) is 5.26. The van der Waals surface area contributed by atoms with Crippen molar-refractivity contribution >= 4 is 17.6 Å². The number of rotatable bonds is 4. The average molecular weight is 354 g/mol. The van der Waals surface area contributed by atoms with Crippen molar-refractivity contribution in [1.82, 2.24) is 20.3 Å². The van der Waals surface area contributed by atoms with Crippen LogP contribution < -0.4 is 15.5 Å². The molecule has 2 aliphatic heterocycles. The second-order valence-corrected chi connectivity index (χ2v) is 6.95. The van der Waals surface area contributed by atoms with E-state index in [2.05, 4.69) is 33.5 Å². The first-order valence-corrected chi connectivity index (χ1v) is 9.40. The highest BCUT2D eigenvalue weighted by Gasteiger charge is 2.21. The van der Waals surface area contributed by atoms with Gasteiger partial charge in [0.2, 0.25) is 5.95 Å². The molecule has 4 rings (SSSR count). The molecule has 0 bridgehead atoms. The highest BCUT2D eigenvalue weighted by molar-refractivity contribution is 5.55. The zero-order valence-electron chi connectivity index (χ0n) is 15.2. The highest BCUT2D eigenvalue weighted by Crippen LogP contribution is 2.28. The Morgan fingerprint density at radius 3 is 2.69 bits per heavy atom. The largest absolute Gasteiger partial charge is 0.378 e. The fraction of sp³-hybridized carbons (Fsp3) is 0.526. The second-order valence-electron chi connectivity index (χ2n) is 6.95. The van der Waals surface area contributed by atoms with E-state index >= 15 is 0 Å². The topological polar surface area (TPSA) is 75.2 Å². The van der Waals surface area contributed by atoms with Gasteiger partial charge in [-0.3, -0.25) is 0 Å². The second kappa shape index (κ2) is 7.97. The van der Waals surface area contributed by atoms with Crippen LogP contribution in [0.15, 0.2) is 24.4 Å². The number of hydrogen-bond donors (Lipinski definition) is 2. The van der Waals surface area contributed by atoms with Crippen molar-refractivity contribution in [3.05, 3.63) is 35.7 Å². The first-order valence-electron chi connectivity index (χ1n) is 9.40. The Bertz CT molecular complexity index is 704. The van der Waals surface area contributed by atoms with E-state index in [0.29, 0.717) is 5.92 Å². The molecule has 2 N–H and O–H groups in total. The number of hydrogen-bond acceptors (Lipinski definition) is 7.